The molecule has 0 aromatic carbocycles. The molecule has 0 bridgehead atoms. The maximum absolute atomic E-state index is 12.4. The maximum atomic E-state index is 12.4. The van der Waals surface area contributed by atoms with Gasteiger partial charge in [0.05, 0.1) is 25.4 Å². The van der Waals surface area contributed by atoms with E-state index in [1.54, 1.807) is 6.08 Å². The van der Waals surface area contributed by atoms with Crippen LogP contribution in [0, 0.1) is 0 Å². The minimum atomic E-state index is -0.840. The molecule has 3 N–H and O–H groups in total. The Bertz CT molecular complexity index is 1020. The van der Waals surface area contributed by atoms with E-state index in [1.165, 1.54) is 283 Å². The van der Waals surface area contributed by atoms with Crippen LogP contribution in [0.25, 0.3) is 0 Å². The lowest BCUT2D eigenvalue weighted by Crippen LogP contribution is -2.45. The van der Waals surface area contributed by atoms with Crippen molar-refractivity contribution in [3.63, 3.8) is 0 Å². The normalized spacial score (nSPS) is 12.6. The molecule has 0 saturated carbocycles. The van der Waals surface area contributed by atoms with Crippen LogP contribution in [0.2, 0.25) is 0 Å². The molecule has 6 heteroatoms. The number of hydrogen-bond acceptors (Lipinski definition) is 5. The number of ether oxygens (including phenoxy) is 1. The number of amides is 1. The Morgan fingerprint density at radius 2 is 0.676 bits per heavy atom. The van der Waals surface area contributed by atoms with Gasteiger partial charge in [-0.3, -0.25) is 9.59 Å². The number of carbonyl (C=O) groups is 2. The summed E-state index contributed by atoms with van der Waals surface area (Å²) in [6.07, 6.45) is 69.8. The third kappa shape index (κ3) is 53.9. The smallest absolute Gasteiger partial charge is 0.305 e. The number of rotatable bonds is 58. The SMILES string of the molecule is CCCCCCCCCCCCC/C=C/C(O)C(CO)NC(=O)CCCCCCCCCCCCCCCCCCCCCCCCCCCCCOC(=O)CCCCCCCCCCCCC. The Labute approximate surface area is 425 Å². The molecule has 0 fully saturated rings. The largest absolute Gasteiger partial charge is 0.466 e. The zero-order valence-electron chi connectivity index (χ0n) is 46.1. The Balaban J connectivity index is 3.35. The van der Waals surface area contributed by atoms with Crippen LogP contribution in [-0.2, 0) is 14.3 Å². The van der Waals surface area contributed by atoms with E-state index in [1.807, 2.05) is 6.08 Å². The van der Waals surface area contributed by atoms with Crippen molar-refractivity contribution >= 4 is 11.9 Å². The first-order valence-electron chi connectivity index (χ1n) is 31.0. The van der Waals surface area contributed by atoms with E-state index in [4.69, 9.17) is 4.74 Å². The van der Waals surface area contributed by atoms with E-state index in [9.17, 15) is 19.8 Å². The van der Waals surface area contributed by atoms with Gasteiger partial charge in [0.1, 0.15) is 0 Å². The zero-order valence-corrected chi connectivity index (χ0v) is 46.1. The fourth-order valence-corrected chi connectivity index (χ4v) is 9.81. The lowest BCUT2D eigenvalue weighted by Gasteiger charge is -2.20. The highest BCUT2D eigenvalue weighted by Crippen LogP contribution is 2.18. The fraction of sp³-hybridized carbons (Fsp3) is 0.935. The number of unbranched alkanes of at least 4 members (excludes halogenated alkanes) is 47. The van der Waals surface area contributed by atoms with Crippen molar-refractivity contribution in [1.82, 2.24) is 5.32 Å². The molecule has 404 valence electrons. The third-order valence-electron chi connectivity index (χ3n) is 14.6. The Morgan fingerprint density at radius 3 is 1.00 bits per heavy atom. The van der Waals surface area contributed by atoms with Crippen molar-refractivity contribution in [2.75, 3.05) is 13.2 Å². The monoisotopic (exact) mass is 960 g/mol. The molecule has 1 amide bonds. The van der Waals surface area contributed by atoms with Crippen LogP contribution < -0.4 is 5.32 Å². The summed E-state index contributed by atoms with van der Waals surface area (Å²) in [5.74, 6) is -0.0461. The maximum Gasteiger partial charge on any atom is 0.305 e. The average molecular weight is 961 g/mol. The Kier molecular flexibility index (Phi) is 57.0. The quantitative estimate of drug-likeness (QED) is 0.0321. The molecule has 6 nitrogen and oxygen atoms in total. The summed E-state index contributed by atoms with van der Waals surface area (Å²) >= 11 is 0. The summed E-state index contributed by atoms with van der Waals surface area (Å²) < 4.78 is 5.47. The number of aliphatic hydroxyl groups is 2. The second-order valence-corrected chi connectivity index (χ2v) is 21.4. The van der Waals surface area contributed by atoms with E-state index in [2.05, 4.69) is 19.2 Å². The number of esters is 1. The van der Waals surface area contributed by atoms with Gasteiger partial charge >= 0.3 is 5.97 Å². The van der Waals surface area contributed by atoms with Gasteiger partial charge in [-0.2, -0.15) is 0 Å². The molecule has 2 atom stereocenters. The highest BCUT2D eigenvalue weighted by molar-refractivity contribution is 5.76. The van der Waals surface area contributed by atoms with Gasteiger partial charge in [-0.25, -0.2) is 0 Å². The zero-order chi connectivity index (χ0) is 49.3. The van der Waals surface area contributed by atoms with E-state index < -0.39 is 12.1 Å². The van der Waals surface area contributed by atoms with Gasteiger partial charge in [-0.1, -0.05) is 315 Å². The van der Waals surface area contributed by atoms with E-state index >= 15 is 0 Å². The van der Waals surface area contributed by atoms with Crippen LogP contribution in [-0.4, -0.2) is 47.4 Å². The van der Waals surface area contributed by atoms with Crippen molar-refractivity contribution < 1.29 is 24.5 Å². The summed E-state index contributed by atoms with van der Waals surface area (Å²) in [4.78, 5) is 24.4. The Morgan fingerprint density at radius 1 is 0.397 bits per heavy atom. The summed E-state index contributed by atoms with van der Waals surface area (Å²) in [5, 5.41) is 23.1. The van der Waals surface area contributed by atoms with Crippen molar-refractivity contribution in [1.29, 1.82) is 0 Å². The van der Waals surface area contributed by atoms with Gasteiger partial charge in [0.2, 0.25) is 5.91 Å². The van der Waals surface area contributed by atoms with Crippen molar-refractivity contribution in [2.24, 2.45) is 0 Å². The molecule has 0 spiro atoms. The van der Waals surface area contributed by atoms with Crippen LogP contribution >= 0.6 is 0 Å². The first-order valence-corrected chi connectivity index (χ1v) is 31.0. The lowest BCUT2D eigenvalue weighted by atomic mass is 10.0. The number of carbonyl (C=O) groups excluding carboxylic acids is 2. The van der Waals surface area contributed by atoms with Crippen LogP contribution in [0.4, 0.5) is 0 Å². The molecule has 0 aromatic rings. The van der Waals surface area contributed by atoms with Gasteiger partial charge < -0.3 is 20.3 Å². The van der Waals surface area contributed by atoms with Gasteiger partial charge in [0, 0.05) is 12.8 Å². The molecule has 68 heavy (non-hydrogen) atoms. The summed E-state index contributed by atoms with van der Waals surface area (Å²) in [6, 6.07) is -0.624. The molecule has 0 aliphatic rings. The van der Waals surface area contributed by atoms with Crippen molar-refractivity contribution in [3.05, 3.63) is 12.2 Å². The third-order valence-corrected chi connectivity index (χ3v) is 14.6. The molecular weight excluding hydrogens is 839 g/mol. The van der Waals surface area contributed by atoms with Crippen LogP contribution in [0.5, 0.6) is 0 Å². The topological polar surface area (TPSA) is 95.9 Å². The minimum Gasteiger partial charge on any atom is -0.466 e. The van der Waals surface area contributed by atoms with Gasteiger partial charge in [0.15, 0.2) is 0 Å². The molecule has 0 radical (unpaired) electrons. The van der Waals surface area contributed by atoms with Crippen LogP contribution in [0.1, 0.15) is 348 Å². The first-order chi connectivity index (χ1) is 33.5. The van der Waals surface area contributed by atoms with Crippen LogP contribution in [0.15, 0.2) is 12.2 Å². The number of allylic oxidation sites excluding steroid dienone is 1. The van der Waals surface area contributed by atoms with Crippen LogP contribution in [0.3, 0.4) is 0 Å². The van der Waals surface area contributed by atoms with Gasteiger partial charge in [-0.15, -0.1) is 0 Å². The molecule has 2 unspecified atom stereocenters. The summed E-state index contributed by atoms with van der Waals surface area (Å²) in [5.41, 5.74) is 0. The summed E-state index contributed by atoms with van der Waals surface area (Å²) in [7, 11) is 0. The molecule has 0 aliphatic heterocycles. The van der Waals surface area contributed by atoms with Crippen molar-refractivity contribution in [2.45, 2.75) is 360 Å². The highest BCUT2D eigenvalue weighted by atomic mass is 16.5. The average Bonchev–Trinajstić information content (AvgIpc) is 3.34. The highest BCUT2D eigenvalue weighted by Gasteiger charge is 2.18. The van der Waals surface area contributed by atoms with Gasteiger partial charge in [-0.05, 0) is 32.1 Å². The second kappa shape index (κ2) is 58.2. The number of nitrogens with one attached hydrogen (secondary N) is 1. The van der Waals surface area contributed by atoms with E-state index in [0.29, 0.717) is 19.4 Å². The molecule has 0 rings (SSSR count). The number of hydrogen-bond donors (Lipinski definition) is 3. The van der Waals surface area contributed by atoms with E-state index in [0.717, 1.165) is 38.5 Å². The first kappa shape index (κ1) is 66.6. The number of aliphatic hydroxyl groups excluding tert-OH is 2. The van der Waals surface area contributed by atoms with Crippen molar-refractivity contribution in [3.8, 4) is 0 Å². The molecular formula is C62H121NO5. The predicted molar refractivity (Wildman–Crippen MR) is 297 cm³/mol. The molecule has 0 saturated heterocycles. The molecule has 0 heterocycles. The molecule has 0 aromatic heterocycles. The Hall–Kier alpha value is -1.40. The summed E-state index contributed by atoms with van der Waals surface area (Å²) in [6.45, 7) is 4.92. The molecule has 0 aliphatic carbocycles. The lowest BCUT2D eigenvalue weighted by molar-refractivity contribution is -0.143. The van der Waals surface area contributed by atoms with Gasteiger partial charge in [0.25, 0.3) is 0 Å². The standard InChI is InChI=1S/C62H121NO5/c1-3-5-7-9-11-13-15-31-35-38-42-46-50-54-60(65)59(58-64)63-61(66)55-51-47-43-39-36-32-29-27-25-23-21-19-17-16-18-20-22-24-26-28-30-33-37-41-45-49-53-57-68-62(67)56-52-48-44-40-34-14-12-10-8-6-4-2/h50,54,59-60,64-65H,3-49,51-53,55-58H2,1-2H3,(H,63,66)/b54-50+. The van der Waals surface area contributed by atoms with E-state index in [-0.39, 0.29) is 18.5 Å². The second-order valence-electron chi connectivity index (χ2n) is 21.4. The predicted octanol–water partition coefficient (Wildman–Crippen LogP) is 19.2. The minimum absolute atomic E-state index is 0.0178. The fourth-order valence-electron chi connectivity index (χ4n) is 9.81.